The highest BCUT2D eigenvalue weighted by Crippen LogP contribution is 2.18. The summed E-state index contributed by atoms with van der Waals surface area (Å²) >= 11 is 0. The van der Waals surface area contributed by atoms with E-state index in [4.69, 9.17) is 0 Å². The minimum Gasteiger partial charge on any atom is -0.317 e. The van der Waals surface area contributed by atoms with Crippen molar-refractivity contribution in [1.82, 2.24) is 16.0 Å². The van der Waals surface area contributed by atoms with E-state index in [1.54, 1.807) is 0 Å². The molecular weight excluding hydrogens is 258 g/mol. The molecule has 0 radical (unpaired) electrons. The third-order valence-electron chi connectivity index (χ3n) is 5.14. The first-order valence-electron chi connectivity index (χ1n) is 9.62. The second-order valence-corrected chi connectivity index (χ2v) is 7.04. The van der Waals surface area contributed by atoms with E-state index in [9.17, 15) is 0 Å². The molecule has 2 fully saturated rings. The molecule has 0 aromatic rings. The number of hydrogen-bond donors (Lipinski definition) is 3. The van der Waals surface area contributed by atoms with E-state index in [1.807, 2.05) is 0 Å². The van der Waals surface area contributed by atoms with Gasteiger partial charge in [-0.05, 0) is 77.5 Å². The Morgan fingerprint density at radius 3 is 1.33 bits per heavy atom. The Hall–Kier alpha value is -0.120. The molecule has 2 aliphatic carbocycles. The Balaban J connectivity index is 1.25. The SMILES string of the molecule is C(CCNC1CCCC1)CNCCCCNC1CCCC1. The lowest BCUT2D eigenvalue weighted by Gasteiger charge is -2.12. The lowest BCUT2D eigenvalue weighted by atomic mass is 10.2. The molecule has 21 heavy (non-hydrogen) atoms. The Bertz CT molecular complexity index is 209. The van der Waals surface area contributed by atoms with Gasteiger partial charge in [0.2, 0.25) is 0 Å². The highest BCUT2D eigenvalue weighted by Gasteiger charge is 2.13. The van der Waals surface area contributed by atoms with Crippen LogP contribution in [0.1, 0.15) is 77.0 Å². The average molecular weight is 296 g/mol. The van der Waals surface area contributed by atoms with Crippen molar-refractivity contribution in [2.75, 3.05) is 26.2 Å². The highest BCUT2D eigenvalue weighted by atomic mass is 14.9. The predicted molar refractivity (Wildman–Crippen MR) is 91.9 cm³/mol. The van der Waals surface area contributed by atoms with Crippen molar-refractivity contribution in [2.24, 2.45) is 0 Å². The largest absolute Gasteiger partial charge is 0.317 e. The highest BCUT2D eigenvalue weighted by molar-refractivity contribution is 4.74. The van der Waals surface area contributed by atoms with Crippen LogP contribution in [0.3, 0.4) is 0 Å². The normalized spacial score (nSPS) is 20.6. The molecule has 124 valence electrons. The van der Waals surface area contributed by atoms with E-state index < -0.39 is 0 Å². The van der Waals surface area contributed by atoms with Gasteiger partial charge in [-0.1, -0.05) is 25.7 Å². The molecule has 0 aliphatic heterocycles. The first kappa shape index (κ1) is 17.2. The van der Waals surface area contributed by atoms with Crippen LogP contribution >= 0.6 is 0 Å². The van der Waals surface area contributed by atoms with Gasteiger partial charge in [-0.15, -0.1) is 0 Å². The molecule has 0 spiro atoms. The van der Waals surface area contributed by atoms with Gasteiger partial charge in [0.1, 0.15) is 0 Å². The maximum atomic E-state index is 3.69. The molecule has 0 amide bonds. The molecule has 2 aliphatic rings. The molecule has 0 atom stereocenters. The second-order valence-electron chi connectivity index (χ2n) is 7.04. The van der Waals surface area contributed by atoms with Crippen LogP contribution in [0, 0.1) is 0 Å². The second kappa shape index (κ2) is 11.4. The van der Waals surface area contributed by atoms with Crippen molar-refractivity contribution in [3.8, 4) is 0 Å². The topological polar surface area (TPSA) is 36.1 Å². The van der Waals surface area contributed by atoms with Crippen LogP contribution in [0.4, 0.5) is 0 Å². The zero-order chi connectivity index (χ0) is 14.6. The van der Waals surface area contributed by atoms with Crippen molar-refractivity contribution >= 4 is 0 Å². The molecular formula is C18H37N3. The van der Waals surface area contributed by atoms with Gasteiger partial charge in [0.15, 0.2) is 0 Å². The molecule has 0 bridgehead atoms. The monoisotopic (exact) mass is 295 g/mol. The van der Waals surface area contributed by atoms with E-state index in [-0.39, 0.29) is 0 Å². The summed E-state index contributed by atoms with van der Waals surface area (Å²) in [5.41, 5.74) is 0. The summed E-state index contributed by atoms with van der Waals surface area (Å²) in [6.45, 7) is 4.83. The summed E-state index contributed by atoms with van der Waals surface area (Å²) in [5, 5.41) is 11.0. The fourth-order valence-corrected chi connectivity index (χ4v) is 3.75. The fraction of sp³-hybridized carbons (Fsp3) is 1.00. The molecule has 3 N–H and O–H groups in total. The lowest BCUT2D eigenvalue weighted by molar-refractivity contribution is 0.489. The van der Waals surface area contributed by atoms with Crippen molar-refractivity contribution < 1.29 is 0 Å². The van der Waals surface area contributed by atoms with E-state index in [0.29, 0.717) is 0 Å². The van der Waals surface area contributed by atoms with Crippen LogP contribution in [-0.4, -0.2) is 38.3 Å². The van der Waals surface area contributed by atoms with Gasteiger partial charge in [-0.25, -0.2) is 0 Å². The first-order chi connectivity index (χ1) is 10.4. The number of nitrogens with one attached hydrogen (secondary N) is 3. The summed E-state index contributed by atoms with van der Waals surface area (Å²) in [6.07, 6.45) is 16.7. The van der Waals surface area contributed by atoms with Gasteiger partial charge < -0.3 is 16.0 Å². The van der Waals surface area contributed by atoms with E-state index in [0.717, 1.165) is 12.1 Å². The summed E-state index contributed by atoms with van der Waals surface area (Å²) in [7, 11) is 0. The van der Waals surface area contributed by atoms with Crippen molar-refractivity contribution in [1.29, 1.82) is 0 Å². The standard InChI is InChI=1S/C18H37N3/c1-2-10-17(9-1)20-15-7-5-13-19-14-6-8-16-21-18-11-3-4-12-18/h17-21H,1-16H2. The number of unbranched alkanes of at least 4 members (excludes halogenated alkanes) is 2. The quantitative estimate of drug-likeness (QED) is 0.484. The number of hydrogen-bond acceptors (Lipinski definition) is 3. The maximum absolute atomic E-state index is 3.69. The predicted octanol–water partition coefficient (Wildman–Crippen LogP) is 3.20. The van der Waals surface area contributed by atoms with Gasteiger partial charge in [-0.3, -0.25) is 0 Å². The van der Waals surface area contributed by atoms with E-state index in [2.05, 4.69) is 16.0 Å². The summed E-state index contributed by atoms with van der Waals surface area (Å²) in [6, 6.07) is 1.68. The Kier molecular flexibility index (Phi) is 9.40. The lowest BCUT2D eigenvalue weighted by Crippen LogP contribution is -2.28. The average Bonchev–Trinajstić information content (AvgIpc) is 3.18. The van der Waals surface area contributed by atoms with Crippen LogP contribution < -0.4 is 16.0 Å². The maximum Gasteiger partial charge on any atom is 0.00670 e. The molecule has 0 unspecified atom stereocenters. The van der Waals surface area contributed by atoms with Gasteiger partial charge in [0.25, 0.3) is 0 Å². The van der Waals surface area contributed by atoms with E-state index >= 15 is 0 Å². The van der Waals surface area contributed by atoms with Gasteiger partial charge >= 0.3 is 0 Å². The van der Waals surface area contributed by atoms with Crippen LogP contribution in [0.25, 0.3) is 0 Å². The molecule has 3 heteroatoms. The van der Waals surface area contributed by atoms with Crippen molar-refractivity contribution in [3.05, 3.63) is 0 Å². The zero-order valence-electron chi connectivity index (χ0n) is 14.0. The van der Waals surface area contributed by atoms with Crippen LogP contribution in [-0.2, 0) is 0 Å². The van der Waals surface area contributed by atoms with Crippen LogP contribution in [0.2, 0.25) is 0 Å². The first-order valence-corrected chi connectivity index (χ1v) is 9.62. The Morgan fingerprint density at radius 2 is 0.905 bits per heavy atom. The molecule has 3 nitrogen and oxygen atoms in total. The smallest absolute Gasteiger partial charge is 0.00670 e. The summed E-state index contributed by atoms with van der Waals surface area (Å²) in [4.78, 5) is 0. The Morgan fingerprint density at radius 1 is 0.524 bits per heavy atom. The fourth-order valence-electron chi connectivity index (χ4n) is 3.75. The molecule has 0 saturated heterocycles. The van der Waals surface area contributed by atoms with Crippen molar-refractivity contribution in [2.45, 2.75) is 89.1 Å². The molecule has 2 rings (SSSR count). The van der Waals surface area contributed by atoms with Gasteiger partial charge in [0.05, 0.1) is 0 Å². The molecule has 0 heterocycles. The molecule has 2 saturated carbocycles. The number of rotatable bonds is 12. The summed E-state index contributed by atoms with van der Waals surface area (Å²) in [5.74, 6) is 0. The van der Waals surface area contributed by atoms with Gasteiger partial charge in [-0.2, -0.15) is 0 Å². The Labute approximate surface area is 132 Å². The van der Waals surface area contributed by atoms with E-state index in [1.165, 1.54) is 103 Å². The summed E-state index contributed by atoms with van der Waals surface area (Å²) < 4.78 is 0. The van der Waals surface area contributed by atoms with Crippen LogP contribution in [0.15, 0.2) is 0 Å². The minimum atomic E-state index is 0.838. The molecule has 0 aromatic carbocycles. The minimum absolute atomic E-state index is 0.838. The van der Waals surface area contributed by atoms with Crippen LogP contribution in [0.5, 0.6) is 0 Å². The zero-order valence-corrected chi connectivity index (χ0v) is 14.0. The van der Waals surface area contributed by atoms with Crippen molar-refractivity contribution in [3.63, 3.8) is 0 Å². The third-order valence-corrected chi connectivity index (χ3v) is 5.14. The molecule has 0 aromatic heterocycles. The van der Waals surface area contributed by atoms with Gasteiger partial charge in [0, 0.05) is 12.1 Å². The third kappa shape index (κ3) is 8.18.